The summed E-state index contributed by atoms with van der Waals surface area (Å²) in [5, 5.41) is 2.48. The normalized spacial score (nSPS) is 12.0. The van der Waals surface area contributed by atoms with E-state index in [1.807, 2.05) is 0 Å². The van der Waals surface area contributed by atoms with Crippen LogP contribution in [-0.4, -0.2) is 18.8 Å². The number of nitrogens with zero attached hydrogens (tertiary/aromatic N) is 1. The lowest BCUT2D eigenvalue weighted by molar-refractivity contribution is 0.399. The van der Waals surface area contributed by atoms with Gasteiger partial charge in [-0.15, -0.1) is 24.4 Å². The van der Waals surface area contributed by atoms with Crippen LogP contribution in [0.15, 0.2) is 46.4 Å². The summed E-state index contributed by atoms with van der Waals surface area (Å²) in [5.41, 5.74) is -1.04. The first-order valence-electron chi connectivity index (χ1n) is 10.1. The number of thioether (sulfide) groups is 1. The summed E-state index contributed by atoms with van der Waals surface area (Å²) in [6.45, 7) is 3.39. The van der Waals surface area contributed by atoms with Gasteiger partial charge in [0.2, 0.25) is 0 Å². The van der Waals surface area contributed by atoms with Gasteiger partial charge in [0.15, 0.2) is 46.5 Å². The first kappa shape index (κ1) is 28.6. The number of nitrogens with one attached hydrogen (secondary N) is 1. The zero-order chi connectivity index (χ0) is 26.3. The second-order valence-corrected chi connectivity index (χ2v) is 8.17. The Morgan fingerprint density at radius 3 is 1.94 bits per heavy atom. The number of benzene rings is 2. The highest BCUT2D eigenvalue weighted by molar-refractivity contribution is 7.99. The predicted molar refractivity (Wildman–Crippen MR) is 125 cm³/mol. The Hall–Kier alpha value is -2.60. The van der Waals surface area contributed by atoms with E-state index in [2.05, 4.69) is 17.9 Å². The summed E-state index contributed by atoms with van der Waals surface area (Å²) >= 11 is 4.49. The van der Waals surface area contributed by atoms with E-state index in [4.69, 9.17) is 0 Å². The fraction of sp³-hybridized carbons (Fsp3) is 0.217. The molecule has 0 spiro atoms. The van der Waals surface area contributed by atoms with Crippen molar-refractivity contribution in [3.63, 3.8) is 0 Å². The van der Waals surface area contributed by atoms with Crippen molar-refractivity contribution in [1.82, 2.24) is 0 Å². The van der Waals surface area contributed by atoms with Crippen LogP contribution >= 0.6 is 24.4 Å². The molecule has 35 heavy (non-hydrogen) atoms. The molecule has 1 N–H and O–H groups in total. The van der Waals surface area contributed by atoms with E-state index in [1.54, 1.807) is 13.8 Å². The van der Waals surface area contributed by atoms with Crippen LogP contribution in [0.4, 0.5) is 46.5 Å². The Morgan fingerprint density at radius 2 is 1.31 bits per heavy atom. The van der Waals surface area contributed by atoms with Gasteiger partial charge in [-0.2, -0.15) is 0 Å². The van der Waals surface area contributed by atoms with Crippen molar-refractivity contribution in [3.05, 3.63) is 83.1 Å². The third-order valence-electron chi connectivity index (χ3n) is 4.48. The fourth-order valence-corrected chi connectivity index (χ4v) is 4.06. The Bertz CT molecular complexity index is 1140. The van der Waals surface area contributed by atoms with Crippen LogP contribution in [0.3, 0.4) is 0 Å². The third-order valence-corrected chi connectivity index (χ3v) is 5.92. The van der Waals surface area contributed by atoms with Crippen LogP contribution in [0.1, 0.15) is 13.8 Å². The third kappa shape index (κ3) is 6.35. The Balaban J connectivity index is 2.08. The first-order chi connectivity index (χ1) is 16.6. The van der Waals surface area contributed by atoms with Crippen LogP contribution in [0.2, 0.25) is 0 Å². The molecule has 0 fully saturated rings. The SMILES string of the molecule is CCNc1c(F)c(F)c(F)c(F)c1SC/C=C/C=C/C=C/N(CC)c1c(F)c(F)c(F)c(F)c1S. The van der Waals surface area contributed by atoms with Gasteiger partial charge in [0.05, 0.1) is 21.2 Å². The lowest BCUT2D eigenvalue weighted by Gasteiger charge is -2.21. The van der Waals surface area contributed by atoms with Gasteiger partial charge in [0.1, 0.15) is 0 Å². The number of halogens is 8. The molecule has 0 aliphatic heterocycles. The van der Waals surface area contributed by atoms with Crippen molar-refractivity contribution >= 4 is 35.8 Å². The van der Waals surface area contributed by atoms with E-state index in [-0.39, 0.29) is 18.8 Å². The second kappa shape index (κ2) is 12.9. The zero-order valence-electron chi connectivity index (χ0n) is 18.4. The lowest BCUT2D eigenvalue weighted by Crippen LogP contribution is -2.19. The molecule has 2 aromatic carbocycles. The van der Waals surface area contributed by atoms with Gasteiger partial charge in [-0.25, -0.2) is 35.1 Å². The van der Waals surface area contributed by atoms with Crippen molar-refractivity contribution in [2.24, 2.45) is 0 Å². The van der Waals surface area contributed by atoms with Gasteiger partial charge in [-0.05, 0) is 19.9 Å². The molecule has 0 aliphatic carbocycles. The molecular formula is C23H20F8N2S2. The maximum atomic E-state index is 14.1. The molecule has 0 aliphatic rings. The first-order valence-corrected chi connectivity index (χ1v) is 11.6. The maximum absolute atomic E-state index is 14.1. The summed E-state index contributed by atoms with van der Waals surface area (Å²) in [4.78, 5) is 0.0286. The monoisotopic (exact) mass is 540 g/mol. The molecule has 0 radical (unpaired) electrons. The molecule has 2 aromatic rings. The van der Waals surface area contributed by atoms with Gasteiger partial charge in [0, 0.05) is 25.0 Å². The average molecular weight is 541 g/mol. The molecular weight excluding hydrogens is 520 g/mol. The molecule has 0 bridgehead atoms. The summed E-state index contributed by atoms with van der Waals surface area (Å²) in [7, 11) is 0. The number of thiol groups is 1. The summed E-state index contributed by atoms with van der Waals surface area (Å²) in [6.07, 6.45) is 8.70. The fourth-order valence-electron chi connectivity index (χ4n) is 2.84. The minimum absolute atomic E-state index is 0.0797. The van der Waals surface area contributed by atoms with Crippen LogP contribution in [-0.2, 0) is 0 Å². The quantitative estimate of drug-likeness (QED) is 0.0800. The Morgan fingerprint density at radius 1 is 0.743 bits per heavy atom. The summed E-state index contributed by atoms with van der Waals surface area (Å²) in [6, 6.07) is 0. The number of anilines is 2. The van der Waals surface area contributed by atoms with Crippen LogP contribution < -0.4 is 10.2 Å². The molecule has 12 heteroatoms. The van der Waals surface area contributed by atoms with E-state index in [0.717, 1.165) is 16.7 Å². The van der Waals surface area contributed by atoms with E-state index < -0.39 is 67.7 Å². The number of allylic oxidation sites excluding steroid dienone is 4. The van der Waals surface area contributed by atoms with Crippen molar-refractivity contribution in [2.45, 2.75) is 23.6 Å². The van der Waals surface area contributed by atoms with Gasteiger partial charge in [-0.1, -0.05) is 24.3 Å². The zero-order valence-corrected chi connectivity index (χ0v) is 20.1. The highest BCUT2D eigenvalue weighted by atomic mass is 32.2. The lowest BCUT2D eigenvalue weighted by atomic mass is 10.2. The Labute approximate surface area is 206 Å². The van der Waals surface area contributed by atoms with Gasteiger partial charge < -0.3 is 10.2 Å². The van der Waals surface area contributed by atoms with Crippen LogP contribution in [0.5, 0.6) is 0 Å². The van der Waals surface area contributed by atoms with Crippen molar-refractivity contribution < 1.29 is 35.1 Å². The van der Waals surface area contributed by atoms with E-state index >= 15 is 0 Å². The second-order valence-electron chi connectivity index (χ2n) is 6.70. The van der Waals surface area contributed by atoms with Gasteiger partial charge in [-0.3, -0.25) is 0 Å². The Kier molecular flexibility index (Phi) is 10.6. The molecule has 0 unspecified atom stereocenters. The number of hydrogen-bond acceptors (Lipinski definition) is 4. The number of hydrogen-bond donors (Lipinski definition) is 2. The highest BCUT2D eigenvalue weighted by Crippen LogP contribution is 2.36. The molecule has 0 saturated carbocycles. The standard InChI is InChI=1S/C23H20F8N2S2/c1-3-32-20-16(28)12(24)15(27)19(31)23(20)35-11-9-7-5-6-8-10-33(4-2)21-17(29)13(25)14(26)18(30)22(21)34/h5-10,32,34H,3-4,11H2,1-2H3/b6-5+,9-7+,10-8+. The molecule has 2 rings (SSSR count). The summed E-state index contributed by atoms with van der Waals surface area (Å²) < 4.78 is 110. The number of rotatable bonds is 10. The van der Waals surface area contributed by atoms with Crippen molar-refractivity contribution in [3.8, 4) is 0 Å². The van der Waals surface area contributed by atoms with E-state index in [9.17, 15) is 35.1 Å². The van der Waals surface area contributed by atoms with Crippen molar-refractivity contribution in [2.75, 3.05) is 29.1 Å². The van der Waals surface area contributed by atoms with Gasteiger partial charge in [0.25, 0.3) is 0 Å². The maximum Gasteiger partial charge on any atom is 0.199 e. The molecule has 2 nitrogen and oxygen atoms in total. The van der Waals surface area contributed by atoms with E-state index in [1.165, 1.54) is 36.6 Å². The molecule has 0 heterocycles. The highest BCUT2D eigenvalue weighted by Gasteiger charge is 2.26. The molecule has 0 amide bonds. The average Bonchev–Trinajstić information content (AvgIpc) is 2.85. The van der Waals surface area contributed by atoms with E-state index in [0.29, 0.717) is 0 Å². The van der Waals surface area contributed by atoms with Crippen molar-refractivity contribution in [1.29, 1.82) is 0 Å². The predicted octanol–water partition coefficient (Wildman–Crippen LogP) is 7.76. The van der Waals surface area contributed by atoms with Gasteiger partial charge >= 0.3 is 0 Å². The van der Waals surface area contributed by atoms with Crippen LogP contribution in [0.25, 0.3) is 0 Å². The summed E-state index contributed by atoms with van der Waals surface area (Å²) in [5.74, 6) is -13.8. The van der Waals surface area contributed by atoms with Crippen LogP contribution in [0, 0.1) is 46.5 Å². The minimum atomic E-state index is -1.96. The largest absolute Gasteiger partial charge is 0.382 e. The smallest absolute Gasteiger partial charge is 0.199 e. The molecule has 0 aromatic heterocycles. The molecule has 190 valence electrons. The minimum Gasteiger partial charge on any atom is -0.382 e. The molecule has 0 atom stereocenters. The topological polar surface area (TPSA) is 15.3 Å². The molecule has 0 saturated heterocycles.